The molecule has 0 aliphatic rings. The number of nitrogens with zero attached hydrogens (tertiary/aromatic N) is 1. The quantitative estimate of drug-likeness (QED) is 0.478. The molecule has 0 atom stereocenters. The maximum absolute atomic E-state index is 12.0. The zero-order chi connectivity index (χ0) is 17.7. The van der Waals surface area contributed by atoms with Crippen LogP contribution in [0.2, 0.25) is 10.0 Å². The van der Waals surface area contributed by atoms with E-state index in [1.807, 2.05) is 20.8 Å². The summed E-state index contributed by atoms with van der Waals surface area (Å²) in [6.07, 6.45) is 1.34. The van der Waals surface area contributed by atoms with Crippen LogP contribution in [0.4, 0.5) is 0 Å². The fourth-order valence-corrected chi connectivity index (χ4v) is 2.80. The first-order valence-corrected chi connectivity index (χ1v) is 8.72. The molecule has 0 unspecified atom stereocenters. The zero-order valence-corrected chi connectivity index (χ0v) is 15.4. The number of oxazole rings is 1. The molecule has 0 radical (unpaired) electrons. The first kappa shape index (κ1) is 18.5. The second kappa shape index (κ2) is 8.32. The van der Waals surface area contributed by atoms with Crippen LogP contribution in [0.15, 0.2) is 40.8 Å². The second-order valence-electron chi connectivity index (χ2n) is 5.03. The van der Waals surface area contributed by atoms with Crippen LogP contribution in [-0.2, 0) is 0 Å². The van der Waals surface area contributed by atoms with Crippen LogP contribution in [0.1, 0.15) is 44.0 Å². The van der Waals surface area contributed by atoms with E-state index in [0.717, 1.165) is 6.42 Å². The van der Waals surface area contributed by atoms with Crippen LogP contribution in [0.25, 0.3) is 22.6 Å². The van der Waals surface area contributed by atoms with E-state index < -0.39 is 0 Å². The zero-order valence-electron chi connectivity index (χ0n) is 13.9. The van der Waals surface area contributed by atoms with Gasteiger partial charge in [0.2, 0.25) is 5.89 Å². The van der Waals surface area contributed by atoms with Crippen molar-refractivity contribution in [2.45, 2.75) is 33.6 Å². The van der Waals surface area contributed by atoms with Crippen molar-refractivity contribution in [3.05, 3.63) is 52.0 Å². The fraction of sp³-hybridized carbons (Fsp3) is 0.263. The summed E-state index contributed by atoms with van der Waals surface area (Å²) in [5.41, 5.74) is 2.61. The van der Waals surface area contributed by atoms with Crippen LogP contribution in [0.5, 0.6) is 0 Å². The average molecular weight is 364 g/mol. The van der Waals surface area contributed by atoms with E-state index >= 15 is 0 Å². The highest BCUT2D eigenvalue weighted by atomic mass is 35.5. The topological polar surface area (TPSA) is 43.1 Å². The molecule has 0 N–H and O–H groups in total. The minimum Gasteiger partial charge on any atom is -0.436 e. The van der Waals surface area contributed by atoms with Crippen molar-refractivity contribution >= 4 is 40.1 Å². The van der Waals surface area contributed by atoms with Gasteiger partial charge in [-0.05, 0) is 42.8 Å². The van der Waals surface area contributed by atoms with Crippen LogP contribution < -0.4 is 0 Å². The summed E-state index contributed by atoms with van der Waals surface area (Å²) in [4.78, 5) is 16.4. The molecule has 1 heterocycles. The summed E-state index contributed by atoms with van der Waals surface area (Å²) in [5, 5.41) is 1.03. The third kappa shape index (κ3) is 4.16. The summed E-state index contributed by atoms with van der Waals surface area (Å²) < 4.78 is 5.75. The number of fused-ring (bicyclic) bond motifs is 1. The molecule has 5 heteroatoms. The Morgan fingerprint density at radius 2 is 1.75 bits per heavy atom. The molecule has 1 aromatic heterocycles. The van der Waals surface area contributed by atoms with Crippen molar-refractivity contribution in [1.29, 1.82) is 0 Å². The van der Waals surface area contributed by atoms with Crippen LogP contribution in [-0.4, -0.2) is 10.8 Å². The minimum absolute atomic E-state index is 0.105. The van der Waals surface area contributed by atoms with E-state index in [1.165, 1.54) is 0 Å². The Bertz CT molecular complexity index is 835. The van der Waals surface area contributed by atoms with E-state index in [4.69, 9.17) is 27.6 Å². The summed E-state index contributed by atoms with van der Waals surface area (Å²) in [6, 6.07) is 10.4. The van der Waals surface area contributed by atoms with Gasteiger partial charge in [-0.15, -0.1) is 0 Å². The van der Waals surface area contributed by atoms with Crippen molar-refractivity contribution in [3.8, 4) is 11.5 Å². The third-order valence-corrected chi connectivity index (χ3v) is 3.73. The number of benzene rings is 2. The van der Waals surface area contributed by atoms with Gasteiger partial charge in [0, 0.05) is 27.6 Å². The molecular weight excluding hydrogens is 345 g/mol. The normalized spacial score (nSPS) is 10.4. The number of hydrogen-bond acceptors (Lipinski definition) is 3. The number of hydrogen-bond donors (Lipinski definition) is 0. The monoisotopic (exact) mass is 363 g/mol. The third-order valence-electron chi connectivity index (χ3n) is 3.30. The SMILES string of the molecule is CC.CCCC(=O)c1ccc2nc(-c3cc(Cl)cc(Cl)c3)oc2c1. The van der Waals surface area contributed by atoms with E-state index in [2.05, 4.69) is 4.98 Å². The Kier molecular flexibility index (Phi) is 6.41. The van der Waals surface area contributed by atoms with Gasteiger partial charge in [-0.1, -0.05) is 44.0 Å². The lowest BCUT2D eigenvalue weighted by Crippen LogP contribution is -1.97. The smallest absolute Gasteiger partial charge is 0.227 e. The summed E-state index contributed by atoms with van der Waals surface area (Å²) >= 11 is 12.0. The Morgan fingerprint density at radius 3 is 2.38 bits per heavy atom. The number of aromatic nitrogens is 1. The molecule has 0 spiro atoms. The number of carbonyl (C=O) groups excluding carboxylic acids is 1. The minimum atomic E-state index is 0.105. The van der Waals surface area contributed by atoms with Crippen molar-refractivity contribution < 1.29 is 9.21 Å². The van der Waals surface area contributed by atoms with Crippen molar-refractivity contribution in [3.63, 3.8) is 0 Å². The molecule has 3 rings (SSSR count). The highest BCUT2D eigenvalue weighted by molar-refractivity contribution is 6.35. The average Bonchev–Trinajstić information content (AvgIpc) is 2.99. The van der Waals surface area contributed by atoms with Gasteiger partial charge in [-0.2, -0.15) is 0 Å². The number of carbonyl (C=O) groups is 1. The van der Waals surface area contributed by atoms with Crippen molar-refractivity contribution in [2.75, 3.05) is 0 Å². The number of ketones is 1. The molecule has 0 fully saturated rings. The van der Waals surface area contributed by atoms with Crippen LogP contribution in [0.3, 0.4) is 0 Å². The molecule has 0 amide bonds. The summed E-state index contributed by atoms with van der Waals surface area (Å²) in [5.74, 6) is 0.535. The summed E-state index contributed by atoms with van der Waals surface area (Å²) in [6.45, 7) is 5.98. The van der Waals surface area contributed by atoms with E-state index in [0.29, 0.717) is 44.6 Å². The van der Waals surface area contributed by atoms with Gasteiger partial charge in [-0.25, -0.2) is 4.98 Å². The van der Waals surface area contributed by atoms with Crippen molar-refractivity contribution in [2.24, 2.45) is 0 Å². The Hall–Kier alpha value is -1.84. The van der Waals surface area contributed by atoms with E-state index in [9.17, 15) is 4.79 Å². The van der Waals surface area contributed by atoms with Crippen LogP contribution in [0, 0.1) is 0 Å². The fourth-order valence-electron chi connectivity index (χ4n) is 2.27. The molecule has 0 saturated carbocycles. The van der Waals surface area contributed by atoms with Gasteiger partial charge in [0.25, 0.3) is 0 Å². The molecule has 3 aromatic rings. The number of rotatable bonds is 4. The van der Waals surface area contributed by atoms with E-state index in [-0.39, 0.29) is 5.78 Å². The molecule has 126 valence electrons. The largest absolute Gasteiger partial charge is 0.436 e. The molecule has 2 aromatic carbocycles. The van der Waals surface area contributed by atoms with Gasteiger partial charge in [0.1, 0.15) is 5.52 Å². The molecule has 0 bridgehead atoms. The maximum atomic E-state index is 12.0. The van der Waals surface area contributed by atoms with E-state index in [1.54, 1.807) is 36.4 Å². The van der Waals surface area contributed by atoms with Gasteiger partial charge >= 0.3 is 0 Å². The highest BCUT2D eigenvalue weighted by Crippen LogP contribution is 2.29. The predicted molar refractivity (Wildman–Crippen MR) is 100 cm³/mol. The Balaban J connectivity index is 0.00000100. The first-order chi connectivity index (χ1) is 11.6. The predicted octanol–water partition coefficient (Wildman–Crippen LogP) is 6.81. The van der Waals surface area contributed by atoms with Gasteiger partial charge in [0.15, 0.2) is 11.4 Å². The molecule has 0 saturated heterocycles. The summed E-state index contributed by atoms with van der Waals surface area (Å²) in [7, 11) is 0. The highest BCUT2D eigenvalue weighted by Gasteiger charge is 2.12. The number of halogens is 2. The van der Waals surface area contributed by atoms with Crippen LogP contribution >= 0.6 is 23.2 Å². The molecule has 0 aliphatic carbocycles. The second-order valence-corrected chi connectivity index (χ2v) is 5.91. The standard InChI is InChI=1S/C17H13Cl2NO2.C2H6/c1-2-3-15(21)10-4-5-14-16(8-10)22-17(20-14)11-6-12(18)9-13(19)7-11;1-2/h4-9H,2-3H2,1H3;1-2H3. The first-order valence-electron chi connectivity index (χ1n) is 7.97. The van der Waals surface area contributed by atoms with Gasteiger partial charge in [-0.3, -0.25) is 4.79 Å². The Labute approximate surface area is 151 Å². The lowest BCUT2D eigenvalue weighted by molar-refractivity contribution is 0.0982. The van der Waals surface area contributed by atoms with Gasteiger partial charge in [0.05, 0.1) is 0 Å². The molecule has 3 nitrogen and oxygen atoms in total. The Morgan fingerprint density at radius 1 is 1.08 bits per heavy atom. The lowest BCUT2D eigenvalue weighted by atomic mass is 10.1. The number of Topliss-reactive ketones (excluding diaryl/α,β-unsaturated/α-hetero) is 1. The molecule has 0 aliphatic heterocycles. The molecule has 24 heavy (non-hydrogen) atoms. The molecular formula is C19H19Cl2NO2. The lowest BCUT2D eigenvalue weighted by Gasteiger charge is -1.98. The van der Waals surface area contributed by atoms with Gasteiger partial charge < -0.3 is 4.42 Å². The maximum Gasteiger partial charge on any atom is 0.227 e. The van der Waals surface area contributed by atoms with Crippen molar-refractivity contribution in [1.82, 2.24) is 4.98 Å².